The van der Waals surface area contributed by atoms with E-state index in [1.807, 2.05) is 0 Å². The maximum absolute atomic E-state index is 8.88. The van der Waals surface area contributed by atoms with Gasteiger partial charge in [-0.2, -0.15) is 0 Å². The Morgan fingerprint density at radius 3 is 1.33 bits per heavy atom. The second-order valence-electron chi connectivity index (χ2n) is 0.513. The van der Waals surface area contributed by atoms with E-state index in [0.717, 1.165) is 0 Å². The van der Waals surface area contributed by atoms with Gasteiger partial charge >= 0.3 is 10.7 Å². The summed E-state index contributed by atoms with van der Waals surface area (Å²) in [5.74, 6) is 0. The average Bonchev–Trinajstić information content (AvgIpc) is 0.722. The summed E-state index contributed by atoms with van der Waals surface area (Å²) >= 11 is 0. The first-order valence-electron chi connectivity index (χ1n) is 0.783. The number of hydrogen-bond donors (Lipinski definition) is 3. The van der Waals surface area contributed by atoms with Gasteiger partial charge in [-0.1, -0.05) is 0 Å². The molecule has 0 spiro atoms. The van der Waals surface area contributed by atoms with Gasteiger partial charge in [-0.25, -0.2) is 4.57 Å². The van der Waals surface area contributed by atoms with E-state index in [9.17, 15) is 0 Å². The molecule has 0 fully saturated rings. The zero-order valence-electron chi connectivity index (χ0n) is 4.50. The van der Waals surface area contributed by atoms with Crippen molar-refractivity contribution in [2.45, 2.75) is 0 Å². The Morgan fingerprint density at radius 1 is 1.33 bits per heavy atom. The van der Waals surface area contributed by atoms with Gasteiger partial charge in [0.15, 0.2) is 0 Å². The van der Waals surface area contributed by atoms with Gasteiger partial charge in [-0.3, -0.25) is 0 Å². The molecular weight excluding hydrogens is 159 g/mol. The maximum Gasteiger partial charge on any atom is 1.00 e. The van der Waals surface area contributed by atoms with E-state index < -0.39 is 7.82 Å². The van der Waals surface area contributed by atoms with E-state index in [1.165, 1.54) is 0 Å². The molecule has 0 bridgehead atoms. The Hall–Kier alpha value is 0.629. The third-order valence-electron chi connectivity index (χ3n) is 0. The molecule has 0 heterocycles. The molecule has 6 heavy (non-hydrogen) atoms. The van der Waals surface area contributed by atoms with Crippen molar-refractivity contribution in [3.8, 4) is 0 Å². The van der Waals surface area contributed by atoms with Gasteiger partial charge in [0.2, 0.25) is 0 Å². The van der Waals surface area contributed by atoms with E-state index >= 15 is 0 Å². The Bertz CT molecular complexity index is 60.2. The molecular formula is H5CuO4P+2. The van der Waals surface area contributed by atoms with Crippen molar-refractivity contribution >= 4 is 7.82 Å². The standard InChI is InChI=1S/Cu.H3O4P/c;1-5(2,3)4/h;(H3,1,2,3,4)/p+2. The van der Waals surface area contributed by atoms with E-state index in [0.29, 0.717) is 0 Å². The van der Waals surface area contributed by atoms with Gasteiger partial charge in [-0.05, 0) is 0 Å². The molecule has 1 radical (unpaired) electrons. The molecule has 0 aliphatic heterocycles. The quantitative estimate of drug-likeness (QED) is 0.326. The van der Waals surface area contributed by atoms with Crippen molar-refractivity contribution < 1.29 is 39.2 Å². The summed E-state index contributed by atoms with van der Waals surface area (Å²) < 4.78 is 8.88. The van der Waals surface area contributed by atoms with Crippen molar-refractivity contribution in [2.75, 3.05) is 0 Å². The third-order valence-corrected chi connectivity index (χ3v) is 0. The third kappa shape index (κ3) is 154. The Kier molecular flexibility index (Phi) is 4.49. The van der Waals surface area contributed by atoms with Crippen LogP contribution >= 0.6 is 7.82 Å². The van der Waals surface area contributed by atoms with Gasteiger partial charge in [0.05, 0.1) is 0 Å². The molecule has 0 rings (SSSR count). The second kappa shape index (κ2) is 2.75. The molecule has 43 valence electrons. The van der Waals surface area contributed by atoms with E-state index in [-0.39, 0.29) is 19.9 Å². The fraction of sp³-hybridized carbons (Fsp3) is 0. The summed E-state index contributed by atoms with van der Waals surface area (Å²) in [5, 5.41) is 0. The van der Waals surface area contributed by atoms with Crippen LogP contribution in [0.1, 0.15) is 2.85 Å². The van der Waals surface area contributed by atoms with Crippen molar-refractivity contribution in [1.29, 1.82) is 0 Å². The van der Waals surface area contributed by atoms with Gasteiger partial charge in [0, 0.05) is 17.1 Å². The van der Waals surface area contributed by atoms with Gasteiger partial charge < -0.3 is 14.7 Å². The summed E-state index contributed by atoms with van der Waals surface area (Å²) in [6, 6.07) is 0. The topological polar surface area (TPSA) is 77.8 Å². The fourth-order valence-corrected chi connectivity index (χ4v) is 0. The summed E-state index contributed by atoms with van der Waals surface area (Å²) in [6.45, 7) is 0. The molecule has 0 saturated heterocycles. The second-order valence-corrected chi connectivity index (χ2v) is 1.54. The average molecular weight is 164 g/mol. The first kappa shape index (κ1) is 9.80. The maximum atomic E-state index is 8.88. The fourth-order valence-electron chi connectivity index (χ4n) is 0. The molecule has 0 atom stereocenters. The number of hydrogen-bond acceptors (Lipinski definition) is 1. The number of phosphoric acid groups is 1. The molecule has 0 aromatic rings. The minimum atomic E-state index is -4.64. The predicted molar refractivity (Wildman–Crippen MR) is 16.5 cm³/mol. The van der Waals surface area contributed by atoms with Gasteiger partial charge in [0.25, 0.3) is 0 Å². The molecule has 0 aliphatic rings. The van der Waals surface area contributed by atoms with E-state index in [4.69, 9.17) is 19.2 Å². The zero-order valence-corrected chi connectivity index (χ0v) is 4.33. The summed E-state index contributed by atoms with van der Waals surface area (Å²) in [5.41, 5.74) is 0. The van der Waals surface area contributed by atoms with Crippen molar-refractivity contribution in [2.24, 2.45) is 0 Å². The smallest absolute Gasteiger partial charge is 0.303 e. The molecule has 0 saturated carbocycles. The van der Waals surface area contributed by atoms with E-state index in [1.54, 1.807) is 0 Å². The van der Waals surface area contributed by atoms with Crippen LogP contribution in [-0.4, -0.2) is 14.7 Å². The molecule has 0 aromatic heterocycles. The number of rotatable bonds is 0. The first-order valence-corrected chi connectivity index (χ1v) is 2.35. The SMILES string of the molecule is O=P(O)(O)O.[Cu].[H+].[H+]. The molecule has 3 N–H and O–H groups in total. The van der Waals surface area contributed by atoms with Gasteiger partial charge in [-0.15, -0.1) is 0 Å². The van der Waals surface area contributed by atoms with Crippen molar-refractivity contribution in [1.82, 2.24) is 0 Å². The molecule has 6 heteroatoms. The predicted octanol–water partition coefficient (Wildman–Crippen LogP) is -0.706. The van der Waals surface area contributed by atoms with Crippen molar-refractivity contribution in [3.63, 3.8) is 0 Å². The molecule has 0 aromatic carbocycles. The largest absolute Gasteiger partial charge is 1.00 e. The summed E-state index contributed by atoms with van der Waals surface area (Å²) in [7, 11) is -4.64. The molecule has 0 aliphatic carbocycles. The van der Waals surface area contributed by atoms with Crippen LogP contribution in [0.5, 0.6) is 0 Å². The van der Waals surface area contributed by atoms with Crippen LogP contribution in [0.2, 0.25) is 0 Å². The van der Waals surface area contributed by atoms with Crippen LogP contribution in [0.4, 0.5) is 0 Å². The van der Waals surface area contributed by atoms with Crippen LogP contribution < -0.4 is 0 Å². The van der Waals surface area contributed by atoms with Crippen LogP contribution in [0.3, 0.4) is 0 Å². The molecule has 4 nitrogen and oxygen atoms in total. The minimum Gasteiger partial charge on any atom is -0.303 e. The Balaban J connectivity index is -0.0000000267. The van der Waals surface area contributed by atoms with Crippen LogP contribution in [0.25, 0.3) is 0 Å². The first-order chi connectivity index (χ1) is 2.00. The summed E-state index contributed by atoms with van der Waals surface area (Å²) in [6.07, 6.45) is 0. The van der Waals surface area contributed by atoms with Crippen LogP contribution in [-0.2, 0) is 21.6 Å². The molecule has 0 amide bonds. The van der Waals surface area contributed by atoms with E-state index in [2.05, 4.69) is 0 Å². The zero-order chi connectivity index (χ0) is 4.50. The Morgan fingerprint density at radius 2 is 1.33 bits per heavy atom. The van der Waals surface area contributed by atoms with Crippen LogP contribution in [0.15, 0.2) is 0 Å². The Labute approximate surface area is 47.9 Å². The minimum absolute atomic E-state index is 0. The van der Waals surface area contributed by atoms with Gasteiger partial charge in [0.1, 0.15) is 0 Å². The molecule has 0 unspecified atom stereocenters. The summed E-state index contributed by atoms with van der Waals surface area (Å²) in [4.78, 5) is 21.6. The van der Waals surface area contributed by atoms with Crippen LogP contribution in [0, 0.1) is 0 Å². The monoisotopic (exact) mass is 163 g/mol. The normalized spacial score (nSPS) is 9.83. The van der Waals surface area contributed by atoms with Crippen molar-refractivity contribution in [3.05, 3.63) is 0 Å².